The third-order valence-electron chi connectivity index (χ3n) is 6.82. The number of benzene rings is 1. The van der Waals surface area contributed by atoms with Crippen molar-refractivity contribution in [3.05, 3.63) is 35.4 Å². The third-order valence-corrected chi connectivity index (χ3v) is 6.82. The van der Waals surface area contributed by atoms with Crippen LogP contribution in [-0.2, 0) is 10.3 Å². The van der Waals surface area contributed by atoms with Gasteiger partial charge in [-0.15, -0.1) is 0 Å². The van der Waals surface area contributed by atoms with Crippen molar-refractivity contribution in [1.29, 1.82) is 0 Å². The second-order valence-electron chi connectivity index (χ2n) is 10.1. The van der Waals surface area contributed by atoms with Crippen LogP contribution in [0.2, 0.25) is 0 Å². The Morgan fingerprint density at radius 2 is 1.76 bits per heavy atom. The molecule has 0 bridgehead atoms. The molecule has 5 heteroatoms. The molecule has 0 unspecified atom stereocenters. The molecule has 2 fully saturated rings. The van der Waals surface area contributed by atoms with E-state index in [0.717, 1.165) is 56.5 Å². The third kappa shape index (κ3) is 4.59. The minimum atomic E-state index is -0.236. The molecule has 3 aliphatic rings. The molecular weight excluding hydrogens is 362 g/mol. The Morgan fingerprint density at radius 1 is 1.10 bits per heavy atom. The van der Waals surface area contributed by atoms with Crippen molar-refractivity contribution in [1.82, 2.24) is 10.2 Å². The number of amides is 2. The Labute approximate surface area is 174 Å². The van der Waals surface area contributed by atoms with Crippen LogP contribution >= 0.6 is 0 Å². The lowest BCUT2D eigenvalue weighted by atomic mass is 9.84. The molecule has 1 saturated carbocycles. The summed E-state index contributed by atoms with van der Waals surface area (Å²) in [5, 5.41) is 7.67. The van der Waals surface area contributed by atoms with Crippen LogP contribution in [0.1, 0.15) is 83.3 Å². The van der Waals surface area contributed by atoms with E-state index >= 15 is 0 Å². The van der Waals surface area contributed by atoms with Gasteiger partial charge in [0.1, 0.15) is 5.60 Å². The van der Waals surface area contributed by atoms with Crippen LogP contribution in [0.15, 0.2) is 29.4 Å². The number of rotatable bonds is 2. The first-order valence-corrected chi connectivity index (χ1v) is 11.3. The lowest BCUT2D eigenvalue weighted by Gasteiger charge is -2.38. The maximum Gasteiger partial charge on any atom is 0.317 e. The molecule has 1 aromatic carbocycles. The van der Waals surface area contributed by atoms with E-state index in [-0.39, 0.29) is 17.0 Å². The van der Waals surface area contributed by atoms with Crippen LogP contribution in [-0.4, -0.2) is 41.4 Å². The molecular formula is C24H35N3O2. The van der Waals surface area contributed by atoms with Gasteiger partial charge in [-0.1, -0.05) is 69.5 Å². The first-order chi connectivity index (χ1) is 13.8. The van der Waals surface area contributed by atoms with Crippen molar-refractivity contribution in [2.45, 2.75) is 89.2 Å². The highest BCUT2D eigenvalue weighted by Gasteiger charge is 2.43. The Kier molecular flexibility index (Phi) is 5.58. The zero-order chi connectivity index (χ0) is 20.5. The predicted molar refractivity (Wildman–Crippen MR) is 116 cm³/mol. The number of carbonyl (C=O) groups is 1. The molecule has 0 aromatic heterocycles. The van der Waals surface area contributed by atoms with Gasteiger partial charge in [0.15, 0.2) is 0 Å². The molecule has 0 radical (unpaired) electrons. The first-order valence-electron chi connectivity index (χ1n) is 11.3. The Balaban J connectivity index is 1.30. The maximum atomic E-state index is 12.6. The highest BCUT2D eigenvalue weighted by molar-refractivity contribution is 6.01. The minimum absolute atomic E-state index is 0.101. The smallest absolute Gasteiger partial charge is 0.317 e. The van der Waals surface area contributed by atoms with Crippen molar-refractivity contribution in [3.63, 3.8) is 0 Å². The van der Waals surface area contributed by atoms with Crippen molar-refractivity contribution in [2.75, 3.05) is 13.1 Å². The van der Waals surface area contributed by atoms with E-state index in [1.54, 1.807) is 0 Å². The van der Waals surface area contributed by atoms with Crippen molar-refractivity contribution >= 4 is 11.7 Å². The second-order valence-corrected chi connectivity index (χ2v) is 10.1. The van der Waals surface area contributed by atoms with Gasteiger partial charge in [-0.05, 0) is 29.4 Å². The molecule has 0 atom stereocenters. The van der Waals surface area contributed by atoms with Gasteiger partial charge < -0.3 is 15.1 Å². The quantitative estimate of drug-likeness (QED) is 0.765. The molecule has 5 nitrogen and oxygen atoms in total. The monoisotopic (exact) mass is 397 g/mol. The Morgan fingerprint density at radius 3 is 2.38 bits per heavy atom. The molecule has 158 valence electrons. The van der Waals surface area contributed by atoms with E-state index in [9.17, 15) is 4.79 Å². The van der Waals surface area contributed by atoms with Gasteiger partial charge in [-0.25, -0.2) is 4.79 Å². The fraction of sp³-hybridized carbons (Fsp3) is 0.667. The van der Waals surface area contributed by atoms with Crippen molar-refractivity contribution in [2.24, 2.45) is 5.16 Å². The summed E-state index contributed by atoms with van der Waals surface area (Å²) in [4.78, 5) is 20.5. The lowest BCUT2D eigenvalue weighted by Crippen LogP contribution is -2.52. The molecule has 1 saturated heterocycles. The summed E-state index contributed by atoms with van der Waals surface area (Å²) in [7, 11) is 0. The first kappa shape index (κ1) is 20.2. The molecule has 2 aliphatic heterocycles. The van der Waals surface area contributed by atoms with Crippen LogP contribution < -0.4 is 5.32 Å². The van der Waals surface area contributed by atoms with E-state index < -0.39 is 0 Å². The predicted octanol–water partition coefficient (Wildman–Crippen LogP) is 4.99. The average molecular weight is 398 g/mol. The van der Waals surface area contributed by atoms with Crippen LogP contribution in [0, 0.1) is 0 Å². The van der Waals surface area contributed by atoms with Gasteiger partial charge in [0.05, 0.1) is 5.71 Å². The Bertz CT molecular complexity index is 749. The average Bonchev–Trinajstić information content (AvgIpc) is 3.12. The molecule has 1 aliphatic carbocycles. The molecule has 29 heavy (non-hydrogen) atoms. The number of urea groups is 1. The van der Waals surface area contributed by atoms with Crippen LogP contribution in [0.25, 0.3) is 0 Å². The highest BCUT2D eigenvalue weighted by Crippen LogP contribution is 2.36. The van der Waals surface area contributed by atoms with E-state index in [2.05, 4.69) is 55.5 Å². The van der Waals surface area contributed by atoms with Gasteiger partial charge >= 0.3 is 6.03 Å². The van der Waals surface area contributed by atoms with Crippen LogP contribution in [0.4, 0.5) is 4.79 Å². The molecule has 2 heterocycles. The molecule has 1 N–H and O–H groups in total. The van der Waals surface area contributed by atoms with Gasteiger partial charge in [0.2, 0.25) is 0 Å². The summed E-state index contributed by atoms with van der Waals surface area (Å²) < 4.78 is 0. The standard InChI is InChI=1S/C24H35N3O2/c1-23(2,3)19-11-9-18(10-12-19)21-17-24(29-26-21)13-15-27(16-14-24)22(28)25-20-7-5-4-6-8-20/h9-12,20H,4-8,13-17H2,1-3H3,(H,25,28). The van der Waals surface area contributed by atoms with Crippen LogP contribution in [0.5, 0.6) is 0 Å². The lowest BCUT2D eigenvalue weighted by molar-refractivity contribution is -0.0551. The number of likely N-dealkylation sites (tertiary alicyclic amines) is 1. The minimum Gasteiger partial charge on any atom is -0.388 e. The molecule has 4 rings (SSSR count). The number of carbonyl (C=O) groups excluding carboxylic acids is 1. The summed E-state index contributed by atoms with van der Waals surface area (Å²) in [5.41, 5.74) is 3.42. The van der Waals surface area contributed by atoms with E-state index in [4.69, 9.17) is 4.84 Å². The second kappa shape index (κ2) is 8.00. The Hall–Kier alpha value is -2.04. The molecule has 1 spiro atoms. The van der Waals surface area contributed by atoms with Crippen molar-refractivity contribution < 1.29 is 9.63 Å². The van der Waals surface area contributed by atoms with Crippen LogP contribution in [0.3, 0.4) is 0 Å². The zero-order valence-corrected chi connectivity index (χ0v) is 18.2. The molecule has 1 aromatic rings. The van der Waals surface area contributed by atoms with E-state index in [0.29, 0.717) is 6.04 Å². The van der Waals surface area contributed by atoms with E-state index in [1.165, 1.54) is 24.8 Å². The zero-order valence-electron chi connectivity index (χ0n) is 18.2. The summed E-state index contributed by atoms with van der Waals surface area (Å²) in [6, 6.07) is 9.18. The van der Waals surface area contributed by atoms with Gasteiger partial charge in [0, 0.05) is 38.4 Å². The number of hydrogen-bond donors (Lipinski definition) is 1. The summed E-state index contributed by atoms with van der Waals surface area (Å²) in [5.74, 6) is 0. The normalized spacial score (nSPS) is 22.3. The molecule has 2 amide bonds. The number of hydrogen-bond acceptors (Lipinski definition) is 3. The highest BCUT2D eigenvalue weighted by atomic mass is 16.7. The summed E-state index contributed by atoms with van der Waals surface area (Å²) >= 11 is 0. The fourth-order valence-corrected chi connectivity index (χ4v) is 4.74. The largest absolute Gasteiger partial charge is 0.388 e. The number of nitrogens with zero attached hydrogens (tertiary/aromatic N) is 2. The summed E-state index contributed by atoms with van der Waals surface area (Å²) in [6.45, 7) is 8.16. The van der Waals surface area contributed by atoms with Gasteiger partial charge in [0.25, 0.3) is 0 Å². The number of oxime groups is 1. The van der Waals surface area contributed by atoms with Gasteiger partial charge in [-0.2, -0.15) is 0 Å². The fourth-order valence-electron chi connectivity index (χ4n) is 4.74. The topological polar surface area (TPSA) is 53.9 Å². The van der Waals surface area contributed by atoms with Crippen molar-refractivity contribution in [3.8, 4) is 0 Å². The number of piperidine rings is 1. The SMILES string of the molecule is CC(C)(C)c1ccc(C2=NOC3(CCN(C(=O)NC4CCCCC4)CC3)C2)cc1. The maximum absolute atomic E-state index is 12.6. The number of nitrogens with one attached hydrogen (secondary N) is 1. The summed E-state index contributed by atoms with van der Waals surface area (Å²) in [6.07, 6.45) is 8.54. The van der Waals surface area contributed by atoms with Gasteiger partial charge in [-0.3, -0.25) is 0 Å². The van der Waals surface area contributed by atoms with E-state index in [1.807, 2.05) is 4.90 Å².